The van der Waals surface area contributed by atoms with Crippen LogP contribution in [-0.2, 0) is 43.0 Å². The van der Waals surface area contributed by atoms with Crippen LogP contribution < -0.4 is 5.32 Å². The molecule has 3 aliphatic heterocycles. The predicted molar refractivity (Wildman–Crippen MR) is 339 cm³/mol. The van der Waals surface area contributed by atoms with E-state index >= 15 is 0 Å². The number of amides is 3. The zero-order valence-corrected chi connectivity index (χ0v) is 54.8. The van der Waals surface area contributed by atoms with Crippen molar-refractivity contribution in [3.63, 3.8) is 0 Å². The topological polar surface area (TPSA) is 381 Å². The molecule has 0 bridgehead atoms. The van der Waals surface area contributed by atoms with Crippen LogP contribution in [0.5, 0.6) is 0 Å². The lowest BCUT2D eigenvalue weighted by atomic mass is 9.99. The highest BCUT2D eigenvalue weighted by atomic mass is 19.1. The number of aliphatic hydroxyl groups is 10. The van der Waals surface area contributed by atoms with Gasteiger partial charge in [-0.05, 0) is 44.1 Å². The van der Waals surface area contributed by atoms with Gasteiger partial charge < -0.3 is 80.2 Å². The van der Waals surface area contributed by atoms with E-state index in [0.29, 0.717) is 11.5 Å². The number of aliphatic hydroxyl groups excluding tert-OH is 10. The average Bonchev–Trinajstić information content (AvgIpc) is 1.95. The van der Waals surface area contributed by atoms with Crippen LogP contribution >= 0.6 is 0 Å². The Morgan fingerprint density at radius 3 is 1.38 bits per heavy atom. The van der Waals surface area contributed by atoms with E-state index in [-0.39, 0.29) is 38.4 Å². The third kappa shape index (κ3) is 39.1. The summed E-state index contributed by atoms with van der Waals surface area (Å²) in [6.07, 6.45) is 26.7. The first-order valence-corrected chi connectivity index (χ1v) is 33.7. The summed E-state index contributed by atoms with van der Waals surface area (Å²) in [7, 11) is -1.00. The number of nitrogens with zero attached hydrogens (tertiary/aromatic N) is 4. The molecule has 0 aliphatic carbocycles. The number of carbonyl (C=O) groups excluding carboxylic acids is 4. The highest BCUT2D eigenvalue weighted by Gasteiger charge is 2.46. The van der Waals surface area contributed by atoms with Gasteiger partial charge in [0.1, 0.15) is 48.8 Å². The van der Waals surface area contributed by atoms with E-state index in [1.165, 1.54) is 116 Å². The van der Waals surface area contributed by atoms with Crippen LogP contribution in [0.3, 0.4) is 0 Å². The van der Waals surface area contributed by atoms with Crippen LogP contribution in [0.4, 0.5) is 4.39 Å². The Morgan fingerprint density at radius 1 is 0.600 bits per heavy atom. The quantitative estimate of drug-likeness (QED) is 0.00680. The van der Waals surface area contributed by atoms with Crippen LogP contribution in [-0.4, -0.2) is 199 Å². The van der Waals surface area contributed by atoms with Crippen molar-refractivity contribution in [3.05, 3.63) is 34.7 Å². The SMILES string of the molecule is CCCCCCC(=O)ON1C(=O)CCC1=O.CCCCCCCCCCCCC/C=C/[C@@H](O)[C@H](COC1OC(CO)C(O)C(O)C1O)N=[N+]=[N-].CCCCCCCCCCCCC/C=C/[C@@H](O)[C@H](COC1OC(CO)C(O)C(O)C1O)NC(=O)CCCC.[2H]CF. The van der Waals surface area contributed by atoms with E-state index < -0.39 is 124 Å². The van der Waals surface area contributed by atoms with E-state index in [2.05, 4.69) is 36.1 Å². The Hall–Kier alpha value is -3.76. The minimum atomic E-state index is -1.57. The average molecular weight is 1300 g/mol. The van der Waals surface area contributed by atoms with Gasteiger partial charge in [0.2, 0.25) is 5.91 Å². The number of azide groups is 1. The predicted octanol–water partition coefficient (Wildman–Crippen LogP) is 8.35. The molecule has 3 amide bonds. The second kappa shape index (κ2) is 56.8. The molecule has 10 unspecified atom stereocenters. The summed E-state index contributed by atoms with van der Waals surface area (Å²) in [4.78, 5) is 53.3. The van der Waals surface area contributed by atoms with Gasteiger partial charge in [0.25, 0.3) is 11.8 Å². The second-order valence-corrected chi connectivity index (χ2v) is 23.5. The zero-order chi connectivity index (χ0) is 68.0. The maximum absolute atomic E-state index is 12.3. The van der Waals surface area contributed by atoms with Crippen LogP contribution in [0.15, 0.2) is 29.4 Å². The van der Waals surface area contributed by atoms with Crippen molar-refractivity contribution >= 4 is 23.7 Å². The lowest BCUT2D eigenvalue weighted by Crippen LogP contribution is -2.60. The van der Waals surface area contributed by atoms with Crippen LogP contribution in [0, 0.1) is 0 Å². The van der Waals surface area contributed by atoms with Crippen LogP contribution in [0.1, 0.15) is 247 Å². The maximum atomic E-state index is 12.3. The Kier molecular flexibility index (Phi) is 53.1. The van der Waals surface area contributed by atoms with E-state index in [1.807, 2.05) is 19.1 Å². The maximum Gasteiger partial charge on any atom is 0.333 e. The molecule has 3 saturated heterocycles. The van der Waals surface area contributed by atoms with Gasteiger partial charge in [-0.3, -0.25) is 18.8 Å². The molecular formula is C65H120FN5O19. The number of imide groups is 1. The van der Waals surface area contributed by atoms with Gasteiger partial charge in [0, 0.05) is 30.6 Å². The molecule has 3 rings (SSSR count). The van der Waals surface area contributed by atoms with Crippen molar-refractivity contribution in [2.24, 2.45) is 5.11 Å². The number of ether oxygens (including phenoxy) is 4. The number of carbonyl (C=O) groups is 4. The first-order valence-electron chi connectivity index (χ1n) is 34.4. The van der Waals surface area contributed by atoms with E-state index in [9.17, 15) is 74.6 Å². The summed E-state index contributed by atoms with van der Waals surface area (Å²) in [5, 5.41) is 106. The summed E-state index contributed by atoms with van der Waals surface area (Å²) in [5.74, 6) is -1.56. The molecule has 0 saturated carbocycles. The summed E-state index contributed by atoms with van der Waals surface area (Å²) in [6, 6.07) is -1.76. The highest BCUT2D eigenvalue weighted by molar-refractivity contribution is 6.01. The van der Waals surface area contributed by atoms with Crippen LogP contribution in [0.2, 0.25) is 0 Å². The minimum absolute atomic E-state index is 0.141. The van der Waals surface area contributed by atoms with E-state index in [0.717, 1.165) is 77.0 Å². The van der Waals surface area contributed by atoms with Crippen LogP contribution in [0.25, 0.3) is 10.4 Å². The Balaban J connectivity index is 0.00000139. The molecule has 526 valence electrons. The van der Waals surface area contributed by atoms with Gasteiger partial charge in [-0.2, -0.15) is 0 Å². The number of hydrogen-bond donors (Lipinski definition) is 11. The Labute approximate surface area is 537 Å². The van der Waals surface area contributed by atoms with Gasteiger partial charge in [0.15, 0.2) is 12.6 Å². The van der Waals surface area contributed by atoms with Gasteiger partial charge in [-0.1, -0.05) is 211 Å². The van der Waals surface area contributed by atoms with Crippen molar-refractivity contribution in [1.29, 1.82) is 0 Å². The Bertz CT molecular complexity index is 1910. The third-order valence-electron chi connectivity index (χ3n) is 15.7. The number of hydrogen-bond acceptors (Lipinski definition) is 20. The van der Waals surface area contributed by atoms with E-state index in [1.54, 1.807) is 12.2 Å². The Morgan fingerprint density at radius 2 is 0.978 bits per heavy atom. The summed E-state index contributed by atoms with van der Waals surface area (Å²) in [6.45, 7) is 6.93. The van der Waals surface area contributed by atoms with Gasteiger partial charge in [-0.25, -0.2) is 4.79 Å². The molecule has 90 heavy (non-hydrogen) atoms. The zero-order valence-electron chi connectivity index (χ0n) is 55.8. The standard InChI is InChI=1S/C29H55NO8.C24H45N3O7.C11H17NO4.CH3F/c1-3-5-7-8-9-10-11-12-13-14-15-16-17-18-23(32)22(30-25(33)19-6-4-2)21-37-29-28(36)27(35)26(34)24(20-31)38-29;1-2-3-4-5-6-7-8-9-10-11-12-13-14-15-19(29)18(26-27-25)17-33-24-23(32)22(31)21(30)20(16-28)34-24;1-2-3-4-5-6-11(15)16-12-9(13)7-8-10(12)14;1-2/h17-18,22-24,26-29,31-32,34-36H,3-16,19-21H2,1-2H3,(H,30,33);14-15,18-24,28-32H,2-13,16-17H2,1H3;2-8H2,1H3;1H3/b18-17+;15-14+;;/t22-,23+,24?,26?,27?,28?,29?;18-,19+,20?,21?,22?,23?,24?;;/m00../s1/i;;;1D. The van der Waals surface area contributed by atoms with E-state index in [4.69, 9.17) is 30.7 Å². The second-order valence-electron chi connectivity index (χ2n) is 23.5. The molecule has 11 N–H and O–H groups in total. The summed E-state index contributed by atoms with van der Waals surface area (Å²) < 4.78 is 37.1. The minimum Gasteiger partial charge on any atom is -0.394 e. The van der Waals surface area contributed by atoms with Gasteiger partial charge >= 0.3 is 5.97 Å². The van der Waals surface area contributed by atoms with Crippen molar-refractivity contribution in [1.82, 2.24) is 10.4 Å². The number of allylic oxidation sites excluding steroid dienone is 2. The lowest BCUT2D eigenvalue weighted by Gasteiger charge is -2.40. The molecule has 3 fully saturated rings. The number of halogens is 1. The molecule has 3 aliphatic rings. The molecular weight excluding hydrogens is 1170 g/mol. The summed E-state index contributed by atoms with van der Waals surface area (Å²) in [5.41, 5.74) is 8.80. The number of unbranched alkanes of at least 4 members (excludes halogenated alkanes) is 26. The monoisotopic (exact) mass is 1290 g/mol. The molecule has 24 nitrogen and oxygen atoms in total. The molecule has 0 radical (unpaired) electrons. The van der Waals surface area contributed by atoms with Crippen molar-refractivity contribution < 1.29 is 99.8 Å². The fourth-order valence-electron chi connectivity index (χ4n) is 10.00. The van der Waals surface area contributed by atoms with Gasteiger partial charge in [0.05, 0.1) is 59.2 Å². The molecule has 14 atom stereocenters. The number of alkyl halides is 1. The van der Waals surface area contributed by atoms with Crippen molar-refractivity contribution in [2.45, 2.75) is 332 Å². The van der Waals surface area contributed by atoms with Crippen molar-refractivity contribution in [2.75, 3.05) is 33.6 Å². The highest BCUT2D eigenvalue weighted by Crippen LogP contribution is 2.25. The number of nitrogens with one attached hydrogen (secondary N) is 1. The smallest absolute Gasteiger partial charge is 0.333 e. The number of hydroxylamine groups is 2. The summed E-state index contributed by atoms with van der Waals surface area (Å²) >= 11 is 0. The molecule has 0 aromatic heterocycles. The fraction of sp³-hybridized carbons (Fsp3) is 0.877. The molecule has 25 heteroatoms. The van der Waals surface area contributed by atoms with Gasteiger partial charge in [-0.15, -0.1) is 5.06 Å². The molecule has 0 aromatic carbocycles. The van der Waals surface area contributed by atoms with Crippen molar-refractivity contribution in [3.8, 4) is 0 Å². The third-order valence-corrected chi connectivity index (χ3v) is 15.7. The number of rotatable bonds is 47. The molecule has 3 heterocycles. The normalized spacial score (nSPS) is 23.9. The fourth-order valence-corrected chi connectivity index (χ4v) is 10.00. The first-order chi connectivity index (χ1) is 43.9. The molecule has 0 spiro atoms. The lowest BCUT2D eigenvalue weighted by molar-refractivity contribution is -0.302. The largest absolute Gasteiger partial charge is 0.394 e. The first kappa shape index (κ1) is 84.3. The molecule has 0 aromatic rings.